The number of hydrogen-bond acceptors (Lipinski definition) is 1. The Balaban J connectivity index is 0.000000501. The monoisotopic (exact) mass is 579 g/mol. The first-order chi connectivity index (χ1) is 15.2. The molecule has 5 rings (SSSR count). The van der Waals surface area contributed by atoms with E-state index in [4.69, 9.17) is 5.73 Å². The van der Waals surface area contributed by atoms with E-state index < -0.39 is 5.91 Å². The predicted octanol–water partition coefficient (Wildman–Crippen LogP) is 0.0342. The van der Waals surface area contributed by atoms with Crippen LogP contribution in [0.15, 0.2) is 115 Å². The van der Waals surface area contributed by atoms with Crippen molar-refractivity contribution in [2.45, 2.75) is 13.3 Å². The van der Waals surface area contributed by atoms with Crippen molar-refractivity contribution in [1.82, 2.24) is 0 Å². The molecule has 5 aromatic rings. The molecule has 0 aliphatic carbocycles. The van der Waals surface area contributed by atoms with E-state index in [1.54, 1.807) is 6.92 Å². The maximum atomic E-state index is 9.48. The average Bonchev–Trinajstić information content (AvgIpc) is 3.20. The van der Waals surface area contributed by atoms with Crippen LogP contribution in [0.3, 0.4) is 0 Å². The Morgan fingerprint density at radius 2 is 1.00 bits per heavy atom. The minimum atomic E-state index is -0.495. The van der Waals surface area contributed by atoms with E-state index >= 15 is 0 Å². The zero-order valence-electron chi connectivity index (χ0n) is 18.8. The molecule has 0 heterocycles. The number of nitrogens with one attached hydrogen (secondary N) is 1. The molecule has 1 N–H and O–H groups in total. The Morgan fingerprint density at radius 1 is 0.676 bits per heavy atom. The fourth-order valence-electron chi connectivity index (χ4n) is 3.11. The molecule has 0 unspecified atom stereocenters. The first kappa shape index (κ1) is 31.9. The van der Waals surface area contributed by atoms with Crippen molar-refractivity contribution in [3.05, 3.63) is 121 Å². The zero-order valence-corrected chi connectivity index (χ0v) is 23.8. The Morgan fingerprint density at radius 3 is 1.35 bits per heavy atom. The topological polar surface area (TPSA) is 40.9 Å². The van der Waals surface area contributed by atoms with Gasteiger partial charge in [-0.1, -0.05) is 114 Å². The summed E-state index contributed by atoms with van der Waals surface area (Å²) < 4.78 is 0. The minimum Gasteiger partial charge on any atom is -1.00 e. The molecule has 0 saturated heterocycles. The first-order valence-corrected chi connectivity index (χ1v) is 11.3. The van der Waals surface area contributed by atoms with E-state index in [1.165, 1.54) is 31.9 Å². The Labute approximate surface area is 236 Å². The summed E-state index contributed by atoms with van der Waals surface area (Å²) in [5.74, 6) is -0.495. The third kappa shape index (κ3) is 10.0. The second-order valence-corrected chi connectivity index (χ2v) is 8.36. The van der Waals surface area contributed by atoms with Crippen LogP contribution >= 0.6 is 0 Å². The van der Waals surface area contributed by atoms with Gasteiger partial charge in [-0.05, 0) is 6.42 Å². The quantitative estimate of drug-likeness (QED) is 0.219. The number of carbonyl (C=O) groups is 1. The normalized spacial score (nSPS) is 9.09. The van der Waals surface area contributed by atoms with Crippen LogP contribution in [0, 0.1) is 0 Å². The fraction of sp³-hybridized carbons (Fsp3) is 0.0714. The first-order valence-electron chi connectivity index (χ1n) is 10.3. The molecule has 0 aromatic heterocycles. The maximum absolute atomic E-state index is 9.48. The van der Waals surface area contributed by atoms with E-state index in [0.717, 1.165) is 9.52 Å². The maximum Gasteiger partial charge on any atom is 4.00 e. The van der Waals surface area contributed by atoms with Gasteiger partial charge in [0.1, 0.15) is 9.52 Å². The minimum absolute atomic E-state index is 0. The Kier molecular flexibility index (Phi) is 16.3. The largest absolute Gasteiger partial charge is 4.00 e. The molecular weight excluding hydrogens is 557 g/mol. The van der Waals surface area contributed by atoms with E-state index in [2.05, 4.69) is 115 Å². The van der Waals surface area contributed by atoms with Crippen LogP contribution in [0.25, 0.3) is 27.3 Å². The smallest absolute Gasteiger partial charge is 1.00 e. The van der Waals surface area contributed by atoms with Crippen LogP contribution in [0.1, 0.15) is 13.3 Å². The van der Waals surface area contributed by atoms with E-state index in [-0.39, 0.29) is 51.0 Å². The number of carbonyl (C=O) groups excluding carboxylic acids is 1. The van der Waals surface area contributed by atoms with Gasteiger partial charge in [-0.25, -0.2) is 0 Å². The summed E-state index contributed by atoms with van der Waals surface area (Å²) in [5, 5.41) is 8.19. The number of fused-ring (bicyclic) bond motifs is 3. The van der Waals surface area contributed by atoms with Gasteiger partial charge in [0, 0.05) is 5.91 Å². The molecule has 0 fully saturated rings. The van der Waals surface area contributed by atoms with Crippen molar-refractivity contribution in [2.75, 3.05) is 0 Å². The molecule has 0 aliphatic heterocycles. The van der Waals surface area contributed by atoms with Gasteiger partial charge in [0.15, 0.2) is 0 Å². The van der Waals surface area contributed by atoms with Gasteiger partial charge in [-0.3, -0.25) is 0 Å². The van der Waals surface area contributed by atoms with Crippen LogP contribution in [-0.2, 0) is 31.0 Å². The molecular formula is C28H25Cl2NOSiZr. The number of hydrogen-bond donors (Lipinski definition) is 0. The summed E-state index contributed by atoms with van der Waals surface area (Å²) in [6, 6.07) is 40.4. The standard InChI is InChI=1S/C13H9.C12H10Si.C3H7NO.2ClH.Zr/c1-3-7-12-10(5-1)9-11-6-2-4-8-13(11)12;1-3-7-11(8-4-1)13-12-9-5-2-6-10-12;1-2-3(4)5;;;/h1-9H;1-10H;2H2,1H3,(H2,4,5);2*1H;/q-1;;;;;+4/p-3. The second kappa shape index (κ2) is 17.4. The summed E-state index contributed by atoms with van der Waals surface area (Å²) in [4.78, 5) is 9.48. The van der Waals surface area contributed by atoms with Crippen molar-refractivity contribution in [2.24, 2.45) is 0 Å². The molecule has 5 aromatic carbocycles. The third-order valence-corrected chi connectivity index (χ3v) is 5.92. The number of rotatable bonds is 3. The van der Waals surface area contributed by atoms with Gasteiger partial charge in [0.25, 0.3) is 0 Å². The zero-order chi connectivity index (χ0) is 21.9. The van der Waals surface area contributed by atoms with Crippen LogP contribution < -0.4 is 35.2 Å². The van der Waals surface area contributed by atoms with Gasteiger partial charge < -0.3 is 35.3 Å². The van der Waals surface area contributed by atoms with E-state index in [9.17, 15) is 4.79 Å². The van der Waals surface area contributed by atoms with Crippen molar-refractivity contribution >= 4 is 47.3 Å². The SMILES string of the molecule is CCC([NH-])=O.[Cl-].[Cl-].[Zr+4].c1ccc([Si]c2ccccc2)cc1.c1ccc2c(c1)[cH-]c1ccccc12. The second-order valence-electron chi connectivity index (χ2n) is 6.95. The van der Waals surface area contributed by atoms with E-state index in [0.29, 0.717) is 6.42 Å². The summed E-state index contributed by atoms with van der Waals surface area (Å²) >= 11 is 0. The molecule has 1 amide bonds. The molecule has 0 spiro atoms. The van der Waals surface area contributed by atoms with Gasteiger partial charge in [0.2, 0.25) is 0 Å². The van der Waals surface area contributed by atoms with Crippen LogP contribution in [0.4, 0.5) is 0 Å². The summed E-state index contributed by atoms with van der Waals surface area (Å²) in [6.07, 6.45) is 0.333. The average molecular weight is 582 g/mol. The van der Waals surface area contributed by atoms with Gasteiger partial charge in [-0.15, -0.1) is 39.7 Å². The third-order valence-electron chi connectivity index (χ3n) is 4.68. The number of amides is 1. The van der Waals surface area contributed by atoms with Gasteiger partial charge in [-0.2, -0.15) is 0 Å². The number of halogens is 2. The van der Waals surface area contributed by atoms with Crippen LogP contribution in [-0.4, -0.2) is 15.4 Å². The number of benzene rings is 4. The molecule has 0 atom stereocenters. The predicted molar refractivity (Wildman–Crippen MR) is 135 cm³/mol. The van der Waals surface area contributed by atoms with Crippen molar-refractivity contribution < 1.29 is 55.8 Å². The molecule has 2 nitrogen and oxygen atoms in total. The molecule has 0 saturated carbocycles. The molecule has 0 aliphatic rings. The molecule has 34 heavy (non-hydrogen) atoms. The van der Waals surface area contributed by atoms with Crippen LogP contribution in [0.2, 0.25) is 0 Å². The fourth-order valence-corrected chi connectivity index (χ4v) is 4.17. The van der Waals surface area contributed by atoms with Crippen molar-refractivity contribution in [1.29, 1.82) is 0 Å². The van der Waals surface area contributed by atoms with Gasteiger partial charge in [0.05, 0.1) is 0 Å². The van der Waals surface area contributed by atoms with Crippen molar-refractivity contribution in [3.8, 4) is 0 Å². The Hall–Kier alpha value is -2.10. The van der Waals surface area contributed by atoms with Crippen LogP contribution in [0.5, 0.6) is 0 Å². The summed E-state index contributed by atoms with van der Waals surface area (Å²) in [7, 11) is 0.777. The Bertz CT molecular complexity index is 1140. The summed E-state index contributed by atoms with van der Waals surface area (Å²) in [5.41, 5.74) is 6.19. The van der Waals surface area contributed by atoms with Gasteiger partial charge >= 0.3 is 26.2 Å². The molecule has 2 radical (unpaired) electrons. The van der Waals surface area contributed by atoms with Crippen molar-refractivity contribution in [3.63, 3.8) is 0 Å². The molecule has 0 bridgehead atoms. The van der Waals surface area contributed by atoms with E-state index in [1.807, 2.05) is 0 Å². The summed E-state index contributed by atoms with van der Waals surface area (Å²) in [6.45, 7) is 1.66. The molecule has 6 heteroatoms. The molecule has 170 valence electrons.